The lowest BCUT2D eigenvalue weighted by atomic mass is 9.33. The second-order valence-corrected chi connectivity index (χ2v) is 14.4. The zero-order valence-corrected chi connectivity index (χ0v) is 21.7. The first kappa shape index (κ1) is 22.2. The van der Waals surface area contributed by atoms with Crippen molar-refractivity contribution in [2.24, 2.45) is 56.7 Å². The maximum atomic E-state index is 12.9. The number of carbonyl (C=O) groups excluding carboxylic acids is 1. The Balaban J connectivity index is 1.60. The second kappa shape index (κ2) is 6.50. The van der Waals surface area contributed by atoms with Gasteiger partial charge in [-0.3, -0.25) is 4.79 Å². The van der Waals surface area contributed by atoms with Gasteiger partial charge >= 0.3 is 0 Å². The molecule has 1 heteroatoms. The van der Waals surface area contributed by atoms with Gasteiger partial charge in [-0.25, -0.2) is 0 Å². The Morgan fingerprint density at radius 1 is 0.839 bits per heavy atom. The van der Waals surface area contributed by atoms with Crippen LogP contribution in [0.3, 0.4) is 0 Å². The Bertz CT molecular complexity index is 820. The van der Waals surface area contributed by atoms with Crippen molar-refractivity contribution in [2.45, 2.75) is 113 Å². The van der Waals surface area contributed by atoms with Crippen molar-refractivity contribution in [1.82, 2.24) is 0 Å². The van der Waals surface area contributed by atoms with Crippen LogP contribution in [0.5, 0.6) is 0 Å². The Morgan fingerprint density at radius 2 is 1.55 bits per heavy atom. The average molecular weight is 425 g/mol. The van der Waals surface area contributed by atoms with E-state index in [-0.39, 0.29) is 5.41 Å². The summed E-state index contributed by atoms with van der Waals surface area (Å²) in [5.41, 5.74) is 3.26. The number of ketones is 1. The van der Waals surface area contributed by atoms with Crippen LogP contribution in [0.2, 0.25) is 0 Å². The first-order valence-corrected chi connectivity index (χ1v) is 13.6. The van der Waals surface area contributed by atoms with E-state index in [0.717, 1.165) is 36.5 Å². The van der Waals surface area contributed by atoms with Crippen LogP contribution in [0, 0.1) is 56.7 Å². The van der Waals surface area contributed by atoms with Crippen LogP contribution in [0.25, 0.3) is 0 Å². The lowest BCUT2D eigenvalue weighted by molar-refractivity contribution is -0.185. The maximum Gasteiger partial charge on any atom is 0.138 e. The molecule has 0 aromatic carbocycles. The summed E-state index contributed by atoms with van der Waals surface area (Å²) in [6, 6.07) is 0. The smallest absolute Gasteiger partial charge is 0.138 e. The minimum absolute atomic E-state index is 0.141. The molecule has 9 atom stereocenters. The molecular weight excluding hydrogens is 376 g/mol. The molecule has 0 saturated heterocycles. The SMILES string of the molecule is C[C@H]1[C@H](C)CC[C@]2(C)CC[C@]3(C)C(=CC[C@@H]4[C@@]5(C)CCC(=O)C(C)(C)[C@@H]5CC[C@]43C)[C@H]12. The predicted octanol–water partition coefficient (Wildman–Crippen LogP) is 8.23. The first-order valence-electron chi connectivity index (χ1n) is 13.6. The van der Waals surface area contributed by atoms with Gasteiger partial charge in [0.25, 0.3) is 0 Å². The van der Waals surface area contributed by atoms with Crippen LogP contribution in [-0.4, -0.2) is 5.78 Å². The molecule has 0 aromatic heterocycles. The van der Waals surface area contributed by atoms with Gasteiger partial charge in [-0.1, -0.05) is 67.0 Å². The summed E-state index contributed by atoms with van der Waals surface area (Å²) >= 11 is 0. The third-order valence-corrected chi connectivity index (χ3v) is 13.1. The molecule has 0 aliphatic heterocycles. The average Bonchev–Trinajstić information content (AvgIpc) is 2.69. The van der Waals surface area contributed by atoms with E-state index >= 15 is 0 Å². The number of hydrogen-bond donors (Lipinski definition) is 0. The summed E-state index contributed by atoms with van der Waals surface area (Å²) in [5.74, 6) is 4.24. The fourth-order valence-electron chi connectivity index (χ4n) is 10.7. The Morgan fingerprint density at radius 3 is 2.26 bits per heavy atom. The van der Waals surface area contributed by atoms with Crippen LogP contribution in [0.1, 0.15) is 113 Å². The van der Waals surface area contributed by atoms with Crippen molar-refractivity contribution in [3.63, 3.8) is 0 Å². The van der Waals surface area contributed by atoms with Crippen LogP contribution in [0.15, 0.2) is 11.6 Å². The lowest BCUT2D eigenvalue weighted by Gasteiger charge is -2.71. The van der Waals surface area contributed by atoms with Crippen LogP contribution in [-0.2, 0) is 4.79 Å². The third kappa shape index (κ3) is 2.59. The monoisotopic (exact) mass is 424 g/mol. The summed E-state index contributed by atoms with van der Waals surface area (Å²) in [7, 11) is 0. The highest BCUT2D eigenvalue weighted by Gasteiger charge is 2.68. The Kier molecular flexibility index (Phi) is 4.66. The Hall–Kier alpha value is -0.590. The molecule has 174 valence electrons. The van der Waals surface area contributed by atoms with Gasteiger partial charge in [0.05, 0.1) is 0 Å². The zero-order valence-electron chi connectivity index (χ0n) is 21.7. The van der Waals surface area contributed by atoms with Crippen molar-refractivity contribution in [3.05, 3.63) is 11.6 Å². The zero-order chi connectivity index (χ0) is 22.6. The van der Waals surface area contributed by atoms with E-state index in [9.17, 15) is 4.79 Å². The highest BCUT2D eigenvalue weighted by atomic mass is 16.1. The van der Waals surface area contributed by atoms with E-state index in [0.29, 0.717) is 33.4 Å². The summed E-state index contributed by atoms with van der Waals surface area (Å²) < 4.78 is 0. The largest absolute Gasteiger partial charge is 0.299 e. The molecule has 4 saturated carbocycles. The fourth-order valence-corrected chi connectivity index (χ4v) is 10.7. The summed E-state index contributed by atoms with van der Waals surface area (Å²) in [5, 5.41) is 0. The van der Waals surface area contributed by atoms with Gasteiger partial charge in [-0.15, -0.1) is 0 Å². The summed E-state index contributed by atoms with van der Waals surface area (Å²) in [4.78, 5) is 12.9. The van der Waals surface area contributed by atoms with Gasteiger partial charge in [0.1, 0.15) is 5.78 Å². The van der Waals surface area contributed by atoms with Gasteiger partial charge in [0.2, 0.25) is 0 Å². The van der Waals surface area contributed by atoms with E-state index in [1.165, 1.54) is 44.9 Å². The highest BCUT2D eigenvalue weighted by Crippen LogP contribution is 2.75. The first-order chi connectivity index (χ1) is 14.3. The van der Waals surface area contributed by atoms with E-state index in [1.54, 1.807) is 0 Å². The fraction of sp³-hybridized carbons (Fsp3) is 0.900. The van der Waals surface area contributed by atoms with Gasteiger partial charge in [0.15, 0.2) is 0 Å². The van der Waals surface area contributed by atoms with Gasteiger partial charge in [-0.05, 0) is 103 Å². The molecule has 0 heterocycles. The number of fused-ring (bicyclic) bond motifs is 7. The Labute approximate surface area is 192 Å². The molecule has 1 nitrogen and oxygen atoms in total. The third-order valence-electron chi connectivity index (χ3n) is 13.1. The normalized spacial score (nSPS) is 55.9. The lowest BCUT2D eigenvalue weighted by Crippen LogP contribution is -2.64. The predicted molar refractivity (Wildman–Crippen MR) is 130 cm³/mol. The van der Waals surface area contributed by atoms with Crippen molar-refractivity contribution in [3.8, 4) is 0 Å². The molecule has 5 rings (SSSR count). The second-order valence-electron chi connectivity index (χ2n) is 14.4. The van der Waals surface area contributed by atoms with E-state index in [2.05, 4.69) is 61.5 Å². The number of rotatable bonds is 0. The standard InChI is InChI=1S/C30H48O/c1-19-11-14-27(5)17-18-29(7)21(25(27)20(19)2)9-10-23-28(6)15-13-24(31)26(3,4)22(28)12-16-30(23,29)8/h9,19-20,22-23,25H,10-18H2,1-8H3/t19-,20+,22+,23-,25+,27-,28+,29-,30-/m1/s1. The molecule has 0 aromatic rings. The van der Waals surface area contributed by atoms with Crippen LogP contribution < -0.4 is 0 Å². The molecule has 0 amide bonds. The van der Waals surface area contributed by atoms with Crippen molar-refractivity contribution in [2.75, 3.05) is 0 Å². The minimum Gasteiger partial charge on any atom is -0.299 e. The summed E-state index contributed by atoms with van der Waals surface area (Å²) in [6.07, 6.45) is 14.1. The van der Waals surface area contributed by atoms with Gasteiger partial charge < -0.3 is 0 Å². The molecule has 0 unspecified atom stereocenters. The van der Waals surface area contributed by atoms with Gasteiger partial charge in [0, 0.05) is 11.8 Å². The molecular formula is C30H48O. The molecule has 0 bridgehead atoms. The molecule has 5 aliphatic rings. The molecule has 31 heavy (non-hydrogen) atoms. The number of carbonyl (C=O) groups is 1. The number of Topliss-reactive ketones (excluding diaryl/α,β-unsaturated/α-hetero) is 1. The van der Waals surface area contributed by atoms with Crippen molar-refractivity contribution < 1.29 is 4.79 Å². The van der Waals surface area contributed by atoms with Crippen molar-refractivity contribution >= 4 is 5.78 Å². The quantitative estimate of drug-likeness (QED) is 0.358. The van der Waals surface area contributed by atoms with Crippen LogP contribution in [0.4, 0.5) is 0 Å². The minimum atomic E-state index is -0.141. The van der Waals surface area contributed by atoms with E-state index in [4.69, 9.17) is 0 Å². The van der Waals surface area contributed by atoms with E-state index < -0.39 is 0 Å². The number of hydrogen-bond acceptors (Lipinski definition) is 1. The van der Waals surface area contributed by atoms with Crippen LogP contribution >= 0.6 is 0 Å². The maximum absolute atomic E-state index is 12.9. The molecule has 5 aliphatic carbocycles. The number of allylic oxidation sites excluding steroid dienone is 2. The molecule has 0 radical (unpaired) electrons. The molecule has 4 fully saturated rings. The van der Waals surface area contributed by atoms with Gasteiger partial charge in [-0.2, -0.15) is 0 Å². The highest BCUT2D eigenvalue weighted by molar-refractivity contribution is 5.85. The molecule has 0 spiro atoms. The topological polar surface area (TPSA) is 17.1 Å². The van der Waals surface area contributed by atoms with Crippen molar-refractivity contribution in [1.29, 1.82) is 0 Å². The van der Waals surface area contributed by atoms with E-state index in [1.807, 2.05) is 5.57 Å². The summed E-state index contributed by atoms with van der Waals surface area (Å²) in [6.45, 7) is 20.2. The molecule has 0 N–H and O–H groups in total.